The van der Waals surface area contributed by atoms with E-state index < -0.39 is 35.0 Å². The van der Waals surface area contributed by atoms with Crippen LogP contribution in [0.3, 0.4) is 0 Å². The van der Waals surface area contributed by atoms with Crippen LogP contribution < -0.4 is 30.2 Å². The van der Waals surface area contributed by atoms with Crippen molar-refractivity contribution in [1.29, 1.82) is 0 Å². The number of methoxy groups -OCH3 is 2. The van der Waals surface area contributed by atoms with E-state index in [0.29, 0.717) is 47.5 Å². The quantitative estimate of drug-likeness (QED) is 0.140. The Bertz CT molecular complexity index is 1740. The van der Waals surface area contributed by atoms with Crippen LogP contribution in [0.15, 0.2) is 66.1 Å². The molecule has 43 heavy (non-hydrogen) atoms. The second-order valence-electron chi connectivity index (χ2n) is 9.42. The van der Waals surface area contributed by atoms with Gasteiger partial charge in [0.1, 0.15) is 35.1 Å². The Morgan fingerprint density at radius 3 is 2.28 bits per heavy atom. The lowest BCUT2D eigenvalue weighted by atomic mass is 10.0. The second-order valence-corrected chi connectivity index (χ2v) is 9.42. The standard InChI is InChI=1S/C30H26F3N5O5/c1-41-25-13-18-23(14-26(25)42-2)35-15-36-30(18)43-17-7-9-21(20(33)12-17)37-28(39)27(22-5-3-4-10-34-22)29(40)38-24-11-16(31)6-8-19(24)32/h6-9,11-15,34H,3-5,10H2,1-2H3,(H,37,39)(H,38,40)/b27-22-. The number of nitrogens with zero attached hydrogens (tertiary/aromatic N) is 2. The third-order valence-electron chi connectivity index (χ3n) is 6.63. The van der Waals surface area contributed by atoms with E-state index in [1.165, 1.54) is 32.7 Å². The summed E-state index contributed by atoms with van der Waals surface area (Å²) in [6.07, 6.45) is 3.15. The Balaban J connectivity index is 1.38. The lowest BCUT2D eigenvalue weighted by molar-refractivity contribution is -0.118. The fourth-order valence-electron chi connectivity index (χ4n) is 4.52. The highest BCUT2D eigenvalue weighted by molar-refractivity contribution is 6.26. The molecular formula is C30H26F3N5O5. The minimum Gasteiger partial charge on any atom is -0.493 e. The van der Waals surface area contributed by atoms with Gasteiger partial charge in [0.25, 0.3) is 11.8 Å². The molecule has 1 aliphatic rings. The number of hydrogen-bond acceptors (Lipinski definition) is 8. The van der Waals surface area contributed by atoms with Gasteiger partial charge in [-0.2, -0.15) is 0 Å². The average Bonchev–Trinajstić information content (AvgIpc) is 3.00. The highest BCUT2D eigenvalue weighted by atomic mass is 19.1. The SMILES string of the molecule is COc1cc2ncnc(Oc3ccc(NC(=O)/C(C(=O)Nc4cc(F)ccc4F)=C4\CCCCN4)c(F)c3)c2cc1OC. The van der Waals surface area contributed by atoms with Crippen molar-refractivity contribution in [3.63, 3.8) is 0 Å². The minimum absolute atomic E-state index is 0.0668. The van der Waals surface area contributed by atoms with Gasteiger partial charge in [0.2, 0.25) is 5.88 Å². The van der Waals surface area contributed by atoms with E-state index in [9.17, 15) is 18.4 Å². The summed E-state index contributed by atoms with van der Waals surface area (Å²) in [5.41, 5.74) is -0.246. The largest absolute Gasteiger partial charge is 0.493 e. The first-order chi connectivity index (χ1) is 20.8. The van der Waals surface area contributed by atoms with Gasteiger partial charge in [-0.25, -0.2) is 23.1 Å². The summed E-state index contributed by atoms with van der Waals surface area (Å²) >= 11 is 0. The Kier molecular flexibility index (Phi) is 8.60. The van der Waals surface area contributed by atoms with Gasteiger partial charge in [-0.1, -0.05) is 0 Å². The van der Waals surface area contributed by atoms with E-state index in [-0.39, 0.29) is 22.9 Å². The van der Waals surface area contributed by atoms with Crippen LogP contribution in [0.4, 0.5) is 24.5 Å². The number of ether oxygens (including phenoxy) is 3. The molecule has 0 spiro atoms. The number of amides is 2. The highest BCUT2D eigenvalue weighted by Crippen LogP contribution is 2.36. The number of anilines is 2. The van der Waals surface area contributed by atoms with Gasteiger partial charge in [0.15, 0.2) is 11.5 Å². The molecule has 0 unspecified atom stereocenters. The average molecular weight is 594 g/mol. The zero-order valence-electron chi connectivity index (χ0n) is 23.1. The Morgan fingerprint density at radius 2 is 1.58 bits per heavy atom. The monoisotopic (exact) mass is 593 g/mol. The molecule has 222 valence electrons. The lowest BCUT2D eigenvalue weighted by Gasteiger charge is -2.21. The number of carbonyl (C=O) groups is 2. The van der Waals surface area contributed by atoms with Crippen LogP contribution in [-0.4, -0.2) is 42.5 Å². The predicted molar refractivity (Wildman–Crippen MR) is 152 cm³/mol. The maximum absolute atomic E-state index is 15.2. The molecule has 3 N–H and O–H groups in total. The van der Waals surface area contributed by atoms with E-state index in [1.807, 2.05) is 0 Å². The molecule has 1 aromatic heterocycles. The number of piperidine rings is 1. The van der Waals surface area contributed by atoms with Crippen molar-refractivity contribution in [3.05, 3.63) is 83.6 Å². The molecule has 0 bridgehead atoms. The van der Waals surface area contributed by atoms with Crippen LogP contribution in [0.1, 0.15) is 19.3 Å². The summed E-state index contributed by atoms with van der Waals surface area (Å²) in [5.74, 6) is -3.37. The van der Waals surface area contributed by atoms with Crippen molar-refractivity contribution in [2.75, 3.05) is 31.4 Å². The van der Waals surface area contributed by atoms with E-state index in [4.69, 9.17) is 14.2 Å². The summed E-state index contributed by atoms with van der Waals surface area (Å²) in [6.45, 7) is 0.504. The molecule has 0 aliphatic carbocycles. The number of rotatable bonds is 8. The van der Waals surface area contributed by atoms with E-state index in [0.717, 1.165) is 30.7 Å². The molecule has 1 fully saturated rings. The summed E-state index contributed by atoms with van der Waals surface area (Å²) in [7, 11) is 2.97. The maximum Gasteiger partial charge on any atom is 0.263 e. The van der Waals surface area contributed by atoms with Crippen molar-refractivity contribution < 1.29 is 37.0 Å². The molecule has 0 saturated carbocycles. The number of hydrogen-bond donors (Lipinski definition) is 3. The van der Waals surface area contributed by atoms with Crippen LogP contribution in [0, 0.1) is 17.5 Å². The molecule has 13 heteroatoms. The fraction of sp³-hybridized carbons (Fsp3) is 0.200. The zero-order valence-corrected chi connectivity index (χ0v) is 23.1. The molecule has 0 atom stereocenters. The molecule has 10 nitrogen and oxygen atoms in total. The van der Waals surface area contributed by atoms with Gasteiger partial charge in [0, 0.05) is 30.4 Å². The molecule has 3 aromatic carbocycles. The number of aromatic nitrogens is 2. The maximum atomic E-state index is 15.2. The molecular weight excluding hydrogens is 567 g/mol. The molecule has 1 saturated heterocycles. The van der Waals surface area contributed by atoms with Crippen LogP contribution in [0.2, 0.25) is 0 Å². The third kappa shape index (κ3) is 6.45. The number of allylic oxidation sites excluding steroid dienone is 1. The summed E-state index contributed by atoms with van der Waals surface area (Å²) in [5, 5.41) is 8.13. The van der Waals surface area contributed by atoms with E-state index in [2.05, 4.69) is 25.9 Å². The first-order valence-electron chi connectivity index (χ1n) is 13.2. The Hall–Kier alpha value is -5.33. The van der Waals surface area contributed by atoms with Crippen LogP contribution in [0.25, 0.3) is 10.9 Å². The number of benzene rings is 3. The Morgan fingerprint density at radius 1 is 0.837 bits per heavy atom. The minimum atomic E-state index is -0.977. The molecule has 4 aromatic rings. The summed E-state index contributed by atoms with van der Waals surface area (Å²) < 4.78 is 59.5. The Labute approximate surface area is 243 Å². The van der Waals surface area contributed by atoms with Gasteiger partial charge in [-0.15, -0.1) is 0 Å². The van der Waals surface area contributed by atoms with Crippen molar-refractivity contribution in [1.82, 2.24) is 15.3 Å². The molecule has 5 rings (SSSR count). The normalized spacial score (nSPS) is 14.0. The van der Waals surface area contributed by atoms with Gasteiger partial charge in [-0.3, -0.25) is 9.59 Å². The van der Waals surface area contributed by atoms with Crippen LogP contribution in [0.5, 0.6) is 23.1 Å². The number of halogens is 3. The van der Waals surface area contributed by atoms with Crippen molar-refractivity contribution in [2.24, 2.45) is 0 Å². The number of fused-ring (bicyclic) bond motifs is 1. The topological polar surface area (TPSA) is 124 Å². The van der Waals surface area contributed by atoms with Gasteiger partial charge in [-0.05, 0) is 49.6 Å². The summed E-state index contributed by atoms with van der Waals surface area (Å²) in [4.78, 5) is 34.8. The van der Waals surface area contributed by atoms with Gasteiger partial charge in [0.05, 0.1) is 36.5 Å². The molecule has 1 aliphatic heterocycles. The first-order valence-corrected chi connectivity index (χ1v) is 13.2. The highest BCUT2D eigenvalue weighted by Gasteiger charge is 2.26. The lowest BCUT2D eigenvalue weighted by Crippen LogP contribution is -2.32. The van der Waals surface area contributed by atoms with Crippen LogP contribution in [-0.2, 0) is 9.59 Å². The smallest absolute Gasteiger partial charge is 0.263 e. The zero-order chi connectivity index (χ0) is 30.5. The van der Waals surface area contributed by atoms with Crippen molar-refractivity contribution in [3.8, 4) is 23.1 Å². The summed E-state index contributed by atoms with van der Waals surface area (Å²) in [6, 6.07) is 9.53. The molecule has 2 heterocycles. The molecule has 2 amide bonds. The third-order valence-corrected chi connectivity index (χ3v) is 6.63. The number of nitrogens with one attached hydrogen (secondary N) is 3. The fourth-order valence-corrected chi connectivity index (χ4v) is 4.52. The first kappa shape index (κ1) is 29.2. The van der Waals surface area contributed by atoms with Gasteiger partial charge >= 0.3 is 0 Å². The predicted octanol–water partition coefficient (Wildman–Crippen LogP) is 5.46. The van der Waals surface area contributed by atoms with E-state index in [1.54, 1.807) is 12.1 Å². The number of carbonyl (C=O) groups excluding carboxylic acids is 2. The van der Waals surface area contributed by atoms with Crippen molar-refractivity contribution in [2.45, 2.75) is 19.3 Å². The van der Waals surface area contributed by atoms with E-state index >= 15 is 4.39 Å². The van der Waals surface area contributed by atoms with Gasteiger partial charge < -0.3 is 30.2 Å². The van der Waals surface area contributed by atoms with Crippen LogP contribution >= 0.6 is 0 Å². The molecule has 0 radical (unpaired) electrons. The van der Waals surface area contributed by atoms with Crippen molar-refractivity contribution >= 4 is 34.1 Å². The second kappa shape index (κ2) is 12.7.